The number of thiazole rings is 1. The second-order valence-corrected chi connectivity index (χ2v) is 4.90. The SMILES string of the molecule is Cc1csc(/C(C#N)=C/NNc2cccc([N+](=O)[O-])c2)n1. The molecule has 1 aromatic carbocycles. The van der Waals surface area contributed by atoms with Crippen molar-refractivity contribution in [3.05, 3.63) is 56.7 Å². The van der Waals surface area contributed by atoms with Crippen LogP contribution in [0.1, 0.15) is 10.7 Å². The first-order chi connectivity index (χ1) is 10.1. The van der Waals surface area contributed by atoms with E-state index in [0.29, 0.717) is 16.3 Å². The molecule has 8 heteroatoms. The van der Waals surface area contributed by atoms with Crippen molar-refractivity contribution in [3.63, 3.8) is 0 Å². The van der Waals surface area contributed by atoms with Crippen molar-refractivity contribution in [2.75, 3.05) is 5.43 Å². The highest BCUT2D eigenvalue weighted by Gasteiger charge is 2.06. The van der Waals surface area contributed by atoms with Gasteiger partial charge in [-0.2, -0.15) is 5.26 Å². The summed E-state index contributed by atoms with van der Waals surface area (Å²) < 4.78 is 0. The standard InChI is InChI=1S/C13H11N5O2S/c1-9-8-21-13(16-9)10(6-14)7-15-17-11-3-2-4-12(5-11)18(19)20/h2-5,7-8,15,17H,1H3/b10-7+. The molecule has 0 fully saturated rings. The van der Waals surface area contributed by atoms with E-state index in [9.17, 15) is 10.1 Å². The summed E-state index contributed by atoms with van der Waals surface area (Å²) in [5.41, 5.74) is 7.25. The topological polar surface area (TPSA) is 104 Å². The number of aromatic nitrogens is 1. The molecule has 0 atom stereocenters. The largest absolute Gasteiger partial charge is 0.307 e. The molecule has 0 bridgehead atoms. The van der Waals surface area contributed by atoms with E-state index in [1.54, 1.807) is 12.1 Å². The van der Waals surface area contributed by atoms with Crippen molar-refractivity contribution in [1.82, 2.24) is 10.4 Å². The van der Waals surface area contributed by atoms with Gasteiger partial charge in [-0.3, -0.25) is 10.1 Å². The van der Waals surface area contributed by atoms with Gasteiger partial charge >= 0.3 is 0 Å². The lowest BCUT2D eigenvalue weighted by Gasteiger charge is -2.05. The van der Waals surface area contributed by atoms with Crippen molar-refractivity contribution >= 4 is 28.3 Å². The average molecular weight is 301 g/mol. The minimum Gasteiger partial charge on any atom is -0.307 e. The third-order valence-corrected chi connectivity index (χ3v) is 3.45. The number of nitro benzene ring substituents is 1. The maximum atomic E-state index is 10.7. The fourth-order valence-electron chi connectivity index (χ4n) is 1.51. The summed E-state index contributed by atoms with van der Waals surface area (Å²) in [7, 11) is 0. The smallest absolute Gasteiger partial charge is 0.271 e. The van der Waals surface area contributed by atoms with E-state index in [2.05, 4.69) is 15.8 Å². The molecule has 2 aromatic rings. The number of allylic oxidation sites excluding steroid dienone is 1. The van der Waals surface area contributed by atoms with Crippen molar-refractivity contribution in [2.24, 2.45) is 0 Å². The number of hydrogen-bond acceptors (Lipinski definition) is 7. The molecule has 7 nitrogen and oxygen atoms in total. The summed E-state index contributed by atoms with van der Waals surface area (Å²) in [5, 5.41) is 22.2. The van der Waals surface area contributed by atoms with Crippen LogP contribution >= 0.6 is 11.3 Å². The number of anilines is 1. The van der Waals surface area contributed by atoms with Crippen LogP contribution in [0.15, 0.2) is 35.8 Å². The molecule has 1 aromatic heterocycles. The maximum Gasteiger partial charge on any atom is 0.271 e. The molecule has 0 saturated heterocycles. The number of nitrogens with one attached hydrogen (secondary N) is 2. The highest BCUT2D eigenvalue weighted by atomic mass is 32.1. The number of nitriles is 1. The van der Waals surface area contributed by atoms with Gasteiger partial charge in [0.2, 0.25) is 0 Å². The minimum absolute atomic E-state index is 0.0122. The Hall–Kier alpha value is -2.92. The molecule has 21 heavy (non-hydrogen) atoms. The van der Waals surface area contributed by atoms with E-state index in [0.717, 1.165) is 5.69 Å². The highest BCUT2D eigenvalue weighted by Crippen LogP contribution is 2.18. The van der Waals surface area contributed by atoms with Gasteiger partial charge in [-0.05, 0) is 13.0 Å². The van der Waals surface area contributed by atoms with Crippen LogP contribution in [0.5, 0.6) is 0 Å². The van der Waals surface area contributed by atoms with Crippen LogP contribution in [-0.4, -0.2) is 9.91 Å². The third-order valence-electron chi connectivity index (χ3n) is 2.46. The molecule has 0 aliphatic heterocycles. The first-order valence-corrected chi connectivity index (χ1v) is 6.77. The molecule has 1 heterocycles. The predicted octanol–water partition coefficient (Wildman–Crippen LogP) is 2.84. The Bertz CT molecular complexity index is 732. The van der Waals surface area contributed by atoms with Crippen molar-refractivity contribution in [2.45, 2.75) is 6.92 Å². The number of non-ortho nitro benzene ring substituents is 1. The van der Waals surface area contributed by atoms with Crippen LogP contribution in [0.3, 0.4) is 0 Å². The van der Waals surface area contributed by atoms with Crippen LogP contribution in [0.4, 0.5) is 11.4 Å². The van der Waals surface area contributed by atoms with Crippen molar-refractivity contribution < 1.29 is 4.92 Å². The number of benzene rings is 1. The molecule has 2 N–H and O–H groups in total. The molecule has 0 unspecified atom stereocenters. The zero-order valence-electron chi connectivity index (χ0n) is 11.0. The zero-order chi connectivity index (χ0) is 15.2. The predicted molar refractivity (Wildman–Crippen MR) is 80.3 cm³/mol. The van der Waals surface area contributed by atoms with Gasteiger partial charge in [0.1, 0.15) is 16.6 Å². The molecule has 0 aliphatic carbocycles. The summed E-state index contributed by atoms with van der Waals surface area (Å²) in [6.07, 6.45) is 1.47. The Labute approximate surface area is 124 Å². The van der Waals surface area contributed by atoms with Crippen LogP contribution in [-0.2, 0) is 0 Å². The Morgan fingerprint density at radius 2 is 2.38 bits per heavy atom. The van der Waals surface area contributed by atoms with Crippen molar-refractivity contribution in [3.8, 4) is 6.07 Å². The van der Waals surface area contributed by atoms with Gasteiger partial charge in [-0.15, -0.1) is 11.3 Å². The molecule has 106 valence electrons. The number of aryl methyl sites for hydroxylation is 1. The second kappa shape index (κ2) is 6.49. The van der Waals surface area contributed by atoms with E-state index in [1.165, 1.54) is 29.7 Å². The summed E-state index contributed by atoms with van der Waals surface area (Å²) >= 11 is 1.38. The first-order valence-electron chi connectivity index (χ1n) is 5.89. The lowest BCUT2D eigenvalue weighted by molar-refractivity contribution is -0.384. The van der Waals surface area contributed by atoms with Gasteiger partial charge in [-0.1, -0.05) is 6.07 Å². The molecular weight excluding hydrogens is 290 g/mol. The van der Waals surface area contributed by atoms with Crippen molar-refractivity contribution in [1.29, 1.82) is 5.26 Å². The lowest BCUT2D eigenvalue weighted by Crippen LogP contribution is -2.15. The van der Waals surface area contributed by atoms with Gasteiger partial charge in [0, 0.05) is 29.4 Å². The van der Waals surface area contributed by atoms with Crippen LogP contribution < -0.4 is 10.9 Å². The Balaban J connectivity index is 2.05. The molecule has 2 rings (SSSR count). The van der Waals surface area contributed by atoms with Crippen LogP contribution in [0.25, 0.3) is 5.57 Å². The Morgan fingerprint density at radius 3 is 3.00 bits per heavy atom. The van der Waals surface area contributed by atoms with Gasteiger partial charge in [-0.25, -0.2) is 4.98 Å². The van der Waals surface area contributed by atoms with Gasteiger partial charge in [0.05, 0.1) is 10.6 Å². The summed E-state index contributed by atoms with van der Waals surface area (Å²) in [5.74, 6) is 0. The maximum absolute atomic E-state index is 10.7. The van der Waals surface area contributed by atoms with E-state index in [-0.39, 0.29) is 5.69 Å². The number of hydrogen-bond donors (Lipinski definition) is 2. The molecule has 0 aliphatic rings. The third kappa shape index (κ3) is 3.77. The van der Waals surface area contributed by atoms with Gasteiger partial charge in [0.25, 0.3) is 5.69 Å². The van der Waals surface area contributed by atoms with E-state index in [1.807, 2.05) is 18.4 Å². The monoisotopic (exact) mass is 301 g/mol. The summed E-state index contributed by atoms with van der Waals surface area (Å²) in [6, 6.07) is 8.08. The number of nitro groups is 1. The number of hydrazine groups is 1. The molecule has 0 spiro atoms. The zero-order valence-corrected chi connectivity index (χ0v) is 11.8. The second-order valence-electron chi connectivity index (χ2n) is 4.04. The van der Waals surface area contributed by atoms with E-state index < -0.39 is 4.92 Å². The van der Waals surface area contributed by atoms with E-state index in [4.69, 9.17) is 5.26 Å². The fourth-order valence-corrected chi connectivity index (χ4v) is 2.27. The fraction of sp³-hybridized carbons (Fsp3) is 0.0769. The number of rotatable bonds is 5. The normalized spacial score (nSPS) is 10.8. The summed E-state index contributed by atoms with van der Waals surface area (Å²) in [6.45, 7) is 1.85. The summed E-state index contributed by atoms with van der Waals surface area (Å²) in [4.78, 5) is 14.4. The Kier molecular flexibility index (Phi) is 4.48. The average Bonchev–Trinajstić information content (AvgIpc) is 2.90. The molecule has 0 radical (unpaired) electrons. The molecular formula is C13H11N5O2S. The lowest BCUT2D eigenvalue weighted by atomic mass is 10.3. The van der Waals surface area contributed by atoms with Gasteiger partial charge < -0.3 is 10.9 Å². The molecule has 0 saturated carbocycles. The highest BCUT2D eigenvalue weighted by molar-refractivity contribution is 7.10. The van der Waals surface area contributed by atoms with E-state index >= 15 is 0 Å². The van der Waals surface area contributed by atoms with Crippen LogP contribution in [0.2, 0.25) is 0 Å². The van der Waals surface area contributed by atoms with Gasteiger partial charge in [0.15, 0.2) is 0 Å². The number of nitrogens with zero attached hydrogens (tertiary/aromatic N) is 3. The quantitative estimate of drug-likeness (QED) is 0.500. The Morgan fingerprint density at radius 1 is 1.57 bits per heavy atom. The van der Waals surface area contributed by atoms with Crippen LogP contribution in [0, 0.1) is 28.4 Å². The first kappa shape index (κ1) is 14.5. The molecule has 0 amide bonds. The minimum atomic E-state index is -0.472.